The lowest BCUT2D eigenvalue weighted by molar-refractivity contribution is -0.134. The Morgan fingerprint density at radius 3 is 2.08 bits per heavy atom. The van der Waals surface area contributed by atoms with Crippen molar-refractivity contribution < 1.29 is 48.1 Å². The van der Waals surface area contributed by atoms with Gasteiger partial charge in [-0.3, -0.25) is 28.8 Å². The molecule has 0 saturated carbocycles. The van der Waals surface area contributed by atoms with Crippen molar-refractivity contribution in [2.75, 3.05) is 20.2 Å². The summed E-state index contributed by atoms with van der Waals surface area (Å²) in [5, 5.41) is 33.5. The number of nitrogens with zero attached hydrogens (tertiary/aromatic N) is 8. The van der Waals surface area contributed by atoms with Gasteiger partial charge in [0.1, 0.15) is 99.9 Å². The van der Waals surface area contributed by atoms with Crippen LogP contribution in [0.2, 0.25) is 0 Å². The first-order valence-corrected chi connectivity index (χ1v) is 32.0. The predicted molar refractivity (Wildman–Crippen MR) is 327 cm³/mol. The van der Waals surface area contributed by atoms with Gasteiger partial charge in [0.25, 0.3) is 23.6 Å². The van der Waals surface area contributed by atoms with Crippen LogP contribution in [0.3, 0.4) is 0 Å². The number of rotatable bonds is 11. The second-order valence-corrected chi connectivity index (χ2v) is 25.6. The molecule has 446 valence electrons. The van der Waals surface area contributed by atoms with Crippen LogP contribution in [-0.2, 0) is 20.7 Å². The van der Waals surface area contributed by atoms with Crippen LogP contribution in [0.15, 0.2) is 93.6 Å². The number of nitrogens with two attached hydrogens (primary N) is 2. The zero-order valence-corrected chi connectivity index (χ0v) is 51.3. The largest absolute Gasteiger partial charge is 0.497 e. The van der Waals surface area contributed by atoms with Crippen molar-refractivity contribution in [2.45, 2.75) is 70.0 Å². The minimum atomic E-state index is -1.42. The first-order chi connectivity index (χ1) is 41.9. The number of aliphatic hydroxyl groups excluding tert-OH is 1. The molecule has 11 rings (SSSR count). The first-order valence-electron chi connectivity index (χ1n) is 26.8. The number of hydrogen-bond acceptors (Lipinski definition) is 23. The maximum atomic E-state index is 15.5. The second kappa shape index (κ2) is 25.7. The molecule has 0 aliphatic carbocycles. The summed E-state index contributed by atoms with van der Waals surface area (Å²) < 4.78 is 11.4. The van der Waals surface area contributed by atoms with Crippen molar-refractivity contribution in [3.63, 3.8) is 0 Å². The topological polar surface area (TPSA) is 352 Å². The molecule has 1 fully saturated rings. The highest BCUT2D eigenvalue weighted by Crippen LogP contribution is 2.44. The highest BCUT2D eigenvalue weighted by molar-refractivity contribution is 7.15. The van der Waals surface area contributed by atoms with Gasteiger partial charge in [-0.05, 0) is 49.2 Å². The maximum Gasteiger partial charge on any atom is 0.407 e. The van der Waals surface area contributed by atoms with E-state index in [1.54, 1.807) is 90.9 Å². The Morgan fingerprint density at radius 2 is 1.36 bits per heavy atom. The van der Waals surface area contributed by atoms with Crippen molar-refractivity contribution in [1.29, 1.82) is 0 Å². The Balaban J connectivity index is 1.03. The van der Waals surface area contributed by atoms with Crippen LogP contribution in [0.5, 0.6) is 5.75 Å². The summed E-state index contributed by atoms with van der Waals surface area (Å²) in [4.78, 5) is 132. The summed E-state index contributed by atoms with van der Waals surface area (Å²) in [6.07, 6.45) is -3.31. The summed E-state index contributed by atoms with van der Waals surface area (Å²) in [7, 11) is 1.53. The number of aliphatic hydroxyl groups is 1. The van der Waals surface area contributed by atoms with E-state index in [-0.39, 0.29) is 45.8 Å². The minimum absolute atomic E-state index is 0.00520. The smallest absolute Gasteiger partial charge is 0.407 e. The van der Waals surface area contributed by atoms with Crippen molar-refractivity contribution >= 4 is 110 Å². The number of ether oxygens (including phenoxy) is 2. The average Bonchev–Trinajstić information content (AvgIpc) is 2.32. The molecular formula is C57H52N14O10S6. The molecule has 7 amide bonds. The van der Waals surface area contributed by atoms with E-state index in [2.05, 4.69) is 36.2 Å². The van der Waals surface area contributed by atoms with Gasteiger partial charge < -0.3 is 52.2 Å². The van der Waals surface area contributed by atoms with Crippen molar-refractivity contribution in [1.82, 2.24) is 61.1 Å². The van der Waals surface area contributed by atoms with E-state index in [0.29, 0.717) is 76.7 Å². The van der Waals surface area contributed by atoms with Crippen molar-refractivity contribution in [3.8, 4) is 49.1 Å². The van der Waals surface area contributed by atoms with E-state index >= 15 is 4.79 Å². The number of carbonyl (C=O) groups is 7. The number of aryl methyl sites for hydroxylation is 1. The molecule has 7 aromatic heterocycles. The van der Waals surface area contributed by atoms with E-state index in [9.17, 15) is 33.9 Å². The number of amides is 7. The van der Waals surface area contributed by atoms with Crippen LogP contribution in [0.25, 0.3) is 43.4 Å². The lowest BCUT2D eigenvalue weighted by Crippen LogP contribution is -2.50. The molecule has 0 spiro atoms. The number of hydrogen-bond donors (Lipinski definition) is 7. The third kappa shape index (κ3) is 12.9. The molecule has 10 bridgehead atoms. The molecule has 0 radical (unpaired) electrons. The molecular weight excluding hydrogens is 1230 g/mol. The number of pyridine rings is 1. The second-order valence-electron chi connectivity index (χ2n) is 20.0. The molecule has 0 unspecified atom stereocenters. The monoisotopic (exact) mass is 1280 g/mol. The van der Waals surface area contributed by atoms with Gasteiger partial charge in [-0.1, -0.05) is 49.4 Å². The summed E-state index contributed by atoms with van der Waals surface area (Å²) >= 11 is 6.89. The first kappa shape index (κ1) is 59.9. The molecule has 9 heterocycles. The maximum absolute atomic E-state index is 15.5. The van der Waals surface area contributed by atoms with Crippen LogP contribution >= 0.6 is 68.0 Å². The summed E-state index contributed by atoms with van der Waals surface area (Å²) in [6.45, 7) is 5.48. The number of fused-ring (bicyclic) bond motifs is 16. The van der Waals surface area contributed by atoms with Crippen LogP contribution in [-0.4, -0.2) is 119 Å². The number of primary amides is 2. The van der Waals surface area contributed by atoms with E-state index < -0.39 is 90.3 Å². The Morgan fingerprint density at radius 1 is 0.701 bits per heavy atom. The Labute approximate surface area is 519 Å². The van der Waals surface area contributed by atoms with Crippen LogP contribution in [0, 0.1) is 12.8 Å². The molecule has 2 aliphatic rings. The molecule has 2 aromatic carbocycles. The molecule has 9 N–H and O–H groups in total. The third-order valence-corrected chi connectivity index (χ3v) is 19.8. The Kier molecular flexibility index (Phi) is 17.7. The molecule has 1 saturated heterocycles. The fraction of sp³-hybridized carbons (Fsp3) is 0.263. The summed E-state index contributed by atoms with van der Waals surface area (Å²) in [5.74, 6) is -4.14. The van der Waals surface area contributed by atoms with Crippen LogP contribution < -0.4 is 37.5 Å². The predicted octanol–water partition coefficient (Wildman–Crippen LogP) is 7.44. The lowest BCUT2D eigenvalue weighted by atomic mass is 10.00. The summed E-state index contributed by atoms with van der Waals surface area (Å²) in [5.41, 5.74) is 14.3. The fourth-order valence-electron chi connectivity index (χ4n) is 9.89. The fourth-order valence-corrected chi connectivity index (χ4v) is 15.2. The highest BCUT2D eigenvalue weighted by Gasteiger charge is 2.48. The van der Waals surface area contributed by atoms with Crippen molar-refractivity contribution in [2.24, 2.45) is 17.4 Å². The van der Waals surface area contributed by atoms with E-state index in [1.165, 1.54) is 57.3 Å². The van der Waals surface area contributed by atoms with Gasteiger partial charge in [-0.15, -0.1) is 68.0 Å². The molecule has 9 aromatic rings. The lowest BCUT2D eigenvalue weighted by Gasteiger charge is -2.29. The number of carbonyl (C=O) groups excluding carboxylic acids is 7. The number of thiazole rings is 6. The van der Waals surface area contributed by atoms with Gasteiger partial charge >= 0.3 is 6.09 Å². The SMILES string of the molecule is CCNC(=O)O[C@H]1CN2C(=O)[C@H](Cc3ccc(OC)cc3)NC(=O)c3csc(n3)[C@H]([C@H](O)c3ccccc3)NC(=O)c3nc(sc3C)[C@H](CC(N)=O)NC(=O)c3csc(n3)-c3ccc(-c4nc(C(N)=O)cs4)nc3-c3csc(n3)-c3csc(n3)[C@@H]2[C@H]1C. The number of nitrogens with one attached hydrogen (secondary N) is 4. The minimum Gasteiger partial charge on any atom is -0.497 e. The van der Waals surface area contributed by atoms with E-state index in [1.807, 2.05) is 12.3 Å². The van der Waals surface area contributed by atoms with Gasteiger partial charge in [0.15, 0.2) is 0 Å². The quantitative estimate of drug-likeness (QED) is 0.0661. The van der Waals surface area contributed by atoms with Gasteiger partial charge in [-0.25, -0.2) is 39.7 Å². The number of alkyl carbamates (subject to hydrolysis) is 1. The molecule has 30 heteroatoms. The Hall–Kier alpha value is -8.78. The van der Waals surface area contributed by atoms with Gasteiger partial charge in [0, 0.05) is 56.2 Å². The number of aromatic nitrogens is 7. The average molecular weight is 1290 g/mol. The van der Waals surface area contributed by atoms with Crippen LogP contribution in [0.1, 0.15) is 117 Å². The molecule has 24 nitrogen and oxygen atoms in total. The normalized spacial score (nSPS) is 19.3. The summed E-state index contributed by atoms with van der Waals surface area (Å²) in [6, 6.07) is 14.6. The molecule has 2 aliphatic heterocycles. The van der Waals surface area contributed by atoms with E-state index in [4.69, 9.17) is 40.9 Å². The van der Waals surface area contributed by atoms with Crippen molar-refractivity contribution in [3.05, 3.63) is 147 Å². The van der Waals surface area contributed by atoms with Gasteiger partial charge in [0.05, 0.1) is 37.9 Å². The third-order valence-electron chi connectivity index (χ3n) is 14.2. The zero-order valence-electron chi connectivity index (χ0n) is 46.4. The molecule has 87 heavy (non-hydrogen) atoms. The number of methoxy groups -OCH3 is 1. The number of benzene rings is 2. The Bertz CT molecular complexity index is 4090. The zero-order chi connectivity index (χ0) is 61.2. The van der Waals surface area contributed by atoms with Crippen LogP contribution in [0.4, 0.5) is 4.79 Å². The van der Waals surface area contributed by atoms with Gasteiger partial charge in [0.2, 0.25) is 11.8 Å². The van der Waals surface area contributed by atoms with Gasteiger partial charge in [-0.2, -0.15) is 0 Å². The van der Waals surface area contributed by atoms with E-state index in [0.717, 1.165) is 34.0 Å². The standard InChI is InChI=1S/C57H52N14O10S6/c1-5-60-57(79)81-39-19-71-44(25(39)2)55-68-38(24-86-55)52-64-34(20-83-52)42-30(15-16-31(61-42)51-65-35(21-84-51)46(59)74)50-66-36(22-82-50)47(75)62-32(18-40(58)72)53-70-41(26(3)87-53)49(77)69-43(45(73)28-9-7-6-8-10-28)54-67-37(23-85-54)48(76)63-33(56(71)78)17-27-11-13-29(80-4)14-12-27/h6-16,20-25,32-33,39,43-45,73H,5,17-19H2,1-4H3,(H2,58,72)(H2,59,74)(H,60,79)(H,62,75)(H,63,76)(H,69,77)/t25-,32-,33-,39-,43-,44-,45+/m0/s1. The molecule has 7 atom stereocenters. The highest BCUT2D eigenvalue weighted by atomic mass is 32.1.